The zero-order chi connectivity index (χ0) is 22.5. The quantitative estimate of drug-likeness (QED) is 0.767. The fourth-order valence-corrected chi connectivity index (χ4v) is 3.49. The van der Waals surface area contributed by atoms with Crippen LogP contribution in [0.3, 0.4) is 0 Å². The highest BCUT2D eigenvalue weighted by molar-refractivity contribution is 5.96. The summed E-state index contributed by atoms with van der Waals surface area (Å²) >= 11 is 0. The Balaban J connectivity index is 1.51. The Labute approximate surface area is 184 Å². The summed E-state index contributed by atoms with van der Waals surface area (Å²) in [5.41, 5.74) is 2.27. The molecule has 1 aliphatic heterocycles. The van der Waals surface area contributed by atoms with Gasteiger partial charge in [-0.15, -0.1) is 0 Å². The van der Waals surface area contributed by atoms with Crippen LogP contribution in [0.4, 0.5) is 11.5 Å². The Morgan fingerprint density at radius 2 is 1.71 bits per heavy atom. The number of anilines is 2. The molecule has 0 radical (unpaired) electrons. The largest absolute Gasteiger partial charge is 0.354 e. The van der Waals surface area contributed by atoms with Gasteiger partial charge in [0.05, 0.1) is 6.54 Å². The second kappa shape index (κ2) is 9.87. The monoisotopic (exact) mass is 424 g/mol. The van der Waals surface area contributed by atoms with Gasteiger partial charge in [-0.05, 0) is 31.2 Å². The van der Waals surface area contributed by atoms with E-state index in [0.717, 1.165) is 43.5 Å². The first-order valence-electron chi connectivity index (χ1n) is 10.7. The smallest absolute Gasteiger partial charge is 0.253 e. The number of carbonyl (C=O) groups is 2. The lowest BCUT2D eigenvalue weighted by Gasteiger charge is -2.35. The Morgan fingerprint density at radius 1 is 1.06 bits per heavy atom. The predicted octanol–water partition coefficient (Wildman–Crippen LogP) is 2.37. The van der Waals surface area contributed by atoms with E-state index < -0.39 is 0 Å². The fourth-order valence-electron chi connectivity index (χ4n) is 3.49. The maximum atomic E-state index is 12.5. The van der Waals surface area contributed by atoms with Crippen molar-refractivity contribution in [2.75, 3.05) is 57.0 Å². The molecule has 0 bridgehead atoms. The Morgan fingerprint density at radius 3 is 2.29 bits per heavy atom. The van der Waals surface area contributed by atoms with Crippen molar-refractivity contribution in [2.24, 2.45) is 0 Å². The van der Waals surface area contributed by atoms with E-state index in [9.17, 15) is 9.59 Å². The number of rotatable bonds is 6. The Kier molecular flexibility index (Phi) is 7.22. The van der Waals surface area contributed by atoms with Crippen LogP contribution in [0.1, 0.15) is 41.6 Å². The van der Waals surface area contributed by atoms with E-state index in [1.54, 1.807) is 38.4 Å². The second-order valence-electron chi connectivity index (χ2n) is 8.47. The highest BCUT2D eigenvalue weighted by atomic mass is 16.2. The van der Waals surface area contributed by atoms with Gasteiger partial charge in [0, 0.05) is 69.2 Å². The zero-order valence-corrected chi connectivity index (χ0v) is 19.1. The van der Waals surface area contributed by atoms with Crippen molar-refractivity contribution in [1.82, 2.24) is 19.8 Å². The fraction of sp³-hybridized carbons (Fsp3) is 0.478. The van der Waals surface area contributed by atoms with Gasteiger partial charge in [-0.25, -0.2) is 9.97 Å². The van der Waals surface area contributed by atoms with Crippen molar-refractivity contribution < 1.29 is 9.59 Å². The molecule has 2 amide bonds. The molecule has 166 valence electrons. The number of aromatic nitrogens is 2. The number of benzene rings is 1. The molecule has 1 saturated heterocycles. The van der Waals surface area contributed by atoms with Crippen molar-refractivity contribution in [3.05, 3.63) is 47.4 Å². The van der Waals surface area contributed by atoms with Crippen LogP contribution < -0.4 is 10.2 Å². The van der Waals surface area contributed by atoms with E-state index in [1.807, 2.05) is 13.0 Å². The molecule has 8 heteroatoms. The third-order valence-electron chi connectivity index (χ3n) is 5.26. The van der Waals surface area contributed by atoms with E-state index in [1.165, 1.54) is 4.90 Å². The average molecular weight is 425 g/mol. The molecule has 1 aliphatic rings. The molecule has 0 spiro atoms. The molecule has 1 fully saturated rings. The summed E-state index contributed by atoms with van der Waals surface area (Å²) in [5.74, 6) is 2.01. The summed E-state index contributed by atoms with van der Waals surface area (Å²) in [4.78, 5) is 39.6. The van der Waals surface area contributed by atoms with Crippen LogP contribution in [-0.4, -0.2) is 78.4 Å². The number of carbonyl (C=O) groups excluding carboxylic acids is 2. The van der Waals surface area contributed by atoms with Crippen molar-refractivity contribution in [2.45, 2.75) is 26.7 Å². The minimum absolute atomic E-state index is 0.0555. The average Bonchev–Trinajstić information content (AvgIpc) is 2.73. The summed E-state index contributed by atoms with van der Waals surface area (Å²) in [6.07, 6.45) is 0. The van der Waals surface area contributed by atoms with Crippen LogP contribution >= 0.6 is 0 Å². The first-order valence-corrected chi connectivity index (χ1v) is 10.7. The van der Waals surface area contributed by atoms with E-state index in [2.05, 4.69) is 33.9 Å². The maximum Gasteiger partial charge on any atom is 0.253 e. The van der Waals surface area contributed by atoms with Crippen molar-refractivity contribution in [3.8, 4) is 0 Å². The SMILES string of the molecule is Cc1cc(N2CCN(CC(=O)Nc3ccc(C(=O)N(C)C)cc3)CC2)nc(C(C)C)n1. The van der Waals surface area contributed by atoms with Gasteiger partial charge in [-0.3, -0.25) is 14.5 Å². The lowest BCUT2D eigenvalue weighted by Crippen LogP contribution is -2.49. The molecule has 3 rings (SSSR count). The summed E-state index contributed by atoms with van der Waals surface area (Å²) in [6.45, 7) is 9.77. The van der Waals surface area contributed by atoms with Gasteiger partial charge in [-0.2, -0.15) is 0 Å². The molecule has 1 aromatic carbocycles. The number of nitrogens with one attached hydrogen (secondary N) is 1. The highest BCUT2D eigenvalue weighted by Crippen LogP contribution is 2.19. The van der Waals surface area contributed by atoms with Crippen LogP contribution in [0, 0.1) is 6.92 Å². The number of nitrogens with zero attached hydrogens (tertiary/aromatic N) is 5. The van der Waals surface area contributed by atoms with E-state index in [-0.39, 0.29) is 11.8 Å². The molecule has 0 aliphatic carbocycles. The molecular weight excluding hydrogens is 392 g/mol. The van der Waals surface area contributed by atoms with Gasteiger partial charge in [0.1, 0.15) is 11.6 Å². The van der Waals surface area contributed by atoms with Gasteiger partial charge in [0.15, 0.2) is 0 Å². The third-order valence-corrected chi connectivity index (χ3v) is 5.26. The van der Waals surface area contributed by atoms with E-state index in [4.69, 9.17) is 4.98 Å². The van der Waals surface area contributed by atoms with Gasteiger partial charge >= 0.3 is 0 Å². The van der Waals surface area contributed by atoms with Crippen LogP contribution in [-0.2, 0) is 4.79 Å². The zero-order valence-electron chi connectivity index (χ0n) is 19.1. The molecule has 8 nitrogen and oxygen atoms in total. The first kappa shape index (κ1) is 22.7. The molecule has 0 unspecified atom stereocenters. The minimum atomic E-state index is -0.0601. The molecule has 0 atom stereocenters. The summed E-state index contributed by atoms with van der Waals surface area (Å²) < 4.78 is 0. The summed E-state index contributed by atoms with van der Waals surface area (Å²) in [6, 6.07) is 9.00. The van der Waals surface area contributed by atoms with Crippen molar-refractivity contribution >= 4 is 23.3 Å². The standard InChI is InChI=1S/C23H32N6O2/c1-16(2)22-24-17(3)14-20(26-22)29-12-10-28(11-13-29)15-21(30)25-19-8-6-18(7-9-19)23(31)27(4)5/h6-9,14,16H,10-13,15H2,1-5H3,(H,25,30). The molecule has 2 aromatic rings. The number of piperazine rings is 1. The first-order chi connectivity index (χ1) is 14.7. The van der Waals surface area contributed by atoms with Crippen LogP contribution in [0.2, 0.25) is 0 Å². The maximum absolute atomic E-state index is 12.5. The van der Waals surface area contributed by atoms with Gasteiger partial charge < -0.3 is 15.1 Å². The van der Waals surface area contributed by atoms with Gasteiger partial charge in [0.25, 0.3) is 5.91 Å². The summed E-state index contributed by atoms with van der Waals surface area (Å²) in [7, 11) is 3.43. The third kappa shape index (κ3) is 6.01. The second-order valence-corrected chi connectivity index (χ2v) is 8.47. The molecule has 2 heterocycles. The van der Waals surface area contributed by atoms with E-state index in [0.29, 0.717) is 23.7 Å². The molecule has 1 aromatic heterocycles. The topological polar surface area (TPSA) is 81.7 Å². The number of hydrogen-bond acceptors (Lipinski definition) is 6. The lowest BCUT2D eigenvalue weighted by atomic mass is 10.2. The van der Waals surface area contributed by atoms with Gasteiger partial charge in [0.2, 0.25) is 5.91 Å². The number of aryl methyl sites for hydroxylation is 1. The summed E-state index contributed by atoms with van der Waals surface area (Å²) in [5, 5.41) is 2.92. The normalized spacial score (nSPS) is 14.6. The number of amides is 2. The lowest BCUT2D eigenvalue weighted by molar-refractivity contribution is -0.117. The highest BCUT2D eigenvalue weighted by Gasteiger charge is 2.21. The van der Waals surface area contributed by atoms with Gasteiger partial charge in [-0.1, -0.05) is 13.8 Å². The molecular formula is C23H32N6O2. The number of hydrogen-bond donors (Lipinski definition) is 1. The minimum Gasteiger partial charge on any atom is -0.354 e. The predicted molar refractivity (Wildman–Crippen MR) is 123 cm³/mol. The molecule has 31 heavy (non-hydrogen) atoms. The van der Waals surface area contributed by atoms with Crippen LogP contribution in [0.5, 0.6) is 0 Å². The van der Waals surface area contributed by atoms with E-state index >= 15 is 0 Å². The molecule has 1 N–H and O–H groups in total. The molecule has 0 saturated carbocycles. The Hall–Kier alpha value is -3.00. The van der Waals surface area contributed by atoms with Crippen LogP contribution in [0.15, 0.2) is 30.3 Å². The Bertz CT molecular complexity index is 918. The van der Waals surface area contributed by atoms with Crippen LogP contribution in [0.25, 0.3) is 0 Å². The van der Waals surface area contributed by atoms with Crippen molar-refractivity contribution in [1.29, 1.82) is 0 Å². The van der Waals surface area contributed by atoms with Crippen molar-refractivity contribution in [3.63, 3.8) is 0 Å².